The maximum Gasteiger partial charge on any atom is 0.309 e. The Morgan fingerprint density at radius 2 is 2.21 bits per heavy atom. The number of allylic oxidation sites excluding steroid dienone is 2. The predicted octanol–water partition coefficient (Wildman–Crippen LogP) is -1.20. The largest absolute Gasteiger partial charge is 1.00 e. The summed E-state index contributed by atoms with van der Waals surface area (Å²) < 4.78 is 4.80. The Bertz CT molecular complexity index is 265. The molecule has 0 saturated carbocycles. The van der Waals surface area contributed by atoms with Gasteiger partial charge in [-0.25, -0.2) is 0 Å². The van der Waals surface area contributed by atoms with Crippen molar-refractivity contribution in [2.75, 3.05) is 6.61 Å². The van der Waals surface area contributed by atoms with E-state index < -0.39 is 0 Å². The quantitative estimate of drug-likeness (QED) is 0.372. The second-order valence-electron chi connectivity index (χ2n) is 2.39. The summed E-state index contributed by atoms with van der Waals surface area (Å²) in [5.41, 5.74) is 3.85. The Morgan fingerprint density at radius 1 is 1.50 bits per heavy atom. The summed E-state index contributed by atoms with van der Waals surface area (Å²) in [6.07, 6.45) is 7.64. The van der Waals surface area contributed by atoms with Gasteiger partial charge in [0.1, 0.15) is 0 Å². The third-order valence-electron chi connectivity index (χ3n) is 1.44. The fourth-order valence-corrected chi connectivity index (χ4v) is 0.918. The van der Waals surface area contributed by atoms with E-state index in [1.165, 1.54) is 0 Å². The van der Waals surface area contributed by atoms with Crippen LogP contribution in [0.1, 0.15) is 13.3 Å². The summed E-state index contributed by atoms with van der Waals surface area (Å²) in [6.45, 7) is 2.24. The smallest absolute Gasteiger partial charge is 0.309 e. The molecular formula is C10H11BrO2Zn-. The number of hydrogen-bond acceptors (Lipinski definition) is 2. The van der Waals surface area contributed by atoms with Crippen molar-refractivity contribution in [3.63, 3.8) is 0 Å². The van der Waals surface area contributed by atoms with Gasteiger partial charge in [0.25, 0.3) is 0 Å². The Morgan fingerprint density at radius 3 is 2.71 bits per heavy atom. The number of ether oxygens (including phenoxy) is 1. The normalized spacial score (nSPS) is 12.2. The van der Waals surface area contributed by atoms with E-state index in [0.29, 0.717) is 13.0 Å². The van der Waals surface area contributed by atoms with Crippen molar-refractivity contribution in [2.45, 2.75) is 13.3 Å². The third kappa shape index (κ3) is 6.31. The summed E-state index contributed by atoms with van der Waals surface area (Å²) in [6, 6.07) is 0. The summed E-state index contributed by atoms with van der Waals surface area (Å²) in [7, 11) is 0. The molecule has 0 fully saturated rings. The number of carbonyl (C=O) groups is 1. The van der Waals surface area contributed by atoms with Crippen LogP contribution < -0.4 is 17.0 Å². The maximum atomic E-state index is 11.0. The van der Waals surface area contributed by atoms with Crippen LogP contribution in [-0.2, 0) is 29.0 Å². The Kier molecular flexibility index (Phi) is 10.9. The first kappa shape index (κ1) is 16.3. The monoisotopic (exact) mass is 306 g/mol. The van der Waals surface area contributed by atoms with Crippen LogP contribution in [0.25, 0.3) is 0 Å². The van der Waals surface area contributed by atoms with Gasteiger partial charge < -0.3 is 21.7 Å². The van der Waals surface area contributed by atoms with Crippen molar-refractivity contribution in [1.82, 2.24) is 0 Å². The van der Waals surface area contributed by atoms with E-state index in [4.69, 9.17) is 4.74 Å². The molecule has 0 aromatic rings. The summed E-state index contributed by atoms with van der Waals surface area (Å²) in [5, 5.41) is 0. The number of carbonyl (C=O) groups excluding carboxylic acids is 1. The van der Waals surface area contributed by atoms with Gasteiger partial charge in [-0.15, -0.1) is 5.73 Å². The molecular weight excluding hydrogens is 297 g/mol. The van der Waals surface area contributed by atoms with Gasteiger partial charge in [0.2, 0.25) is 0 Å². The standard InChI is InChI=1S/C10H11O2.BrH.Zn/c1-2-12-10(11)8-9-6-4-3-5-7-9;;/h4-7H,2,8H2,1H3;1H;/p-1. The molecule has 1 radical (unpaired) electrons. The molecule has 4 heteroatoms. The molecule has 0 amide bonds. The first-order valence-corrected chi connectivity index (χ1v) is 3.93. The molecule has 0 aromatic heterocycles. The Balaban J connectivity index is 0. The molecule has 0 unspecified atom stereocenters. The molecule has 0 N–H and O–H groups in total. The van der Waals surface area contributed by atoms with Gasteiger partial charge in [0, 0.05) is 25.9 Å². The van der Waals surface area contributed by atoms with Crippen molar-refractivity contribution in [3.05, 3.63) is 36.0 Å². The zero-order chi connectivity index (χ0) is 8.81. The number of hydrogen-bond donors (Lipinski definition) is 0. The SMILES string of the molecule is CCOC(=O)CC1=CC=C=C[CH]1.[Br-].[Zn]. The minimum absolute atomic E-state index is 0. The van der Waals surface area contributed by atoms with Crippen LogP contribution >= 0.6 is 0 Å². The fourth-order valence-electron chi connectivity index (χ4n) is 0.918. The Labute approximate surface area is 108 Å². The molecule has 0 saturated heterocycles. The van der Waals surface area contributed by atoms with Crippen molar-refractivity contribution in [3.8, 4) is 0 Å². The molecule has 0 bridgehead atoms. The van der Waals surface area contributed by atoms with Crippen LogP contribution in [0.3, 0.4) is 0 Å². The zero-order valence-corrected chi connectivity index (χ0v) is 12.7. The average molecular weight is 308 g/mol. The van der Waals surface area contributed by atoms with Crippen LogP contribution in [0.15, 0.2) is 29.5 Å². The van der Waals surface area contributed by atoms with E-state index in [-0.39, 0.29) is 42.4 Å². The van der Waals surface area contributed by atoms with E-state index in [1.807, 2.05) is 12.5 Å². The molecule has 2 nitrogen and oxygen atoms in total. The molecule has 1 aliphatic rings. The fraction of sp³-hybridized carbons (Fsp3) is 0.300. The van der Waals surface area contributed by atoms with E-state index in [9.17, 15) is 4.79 Å². The van der Waals surface area contributed by atoms with Crippen LogP contribution in [0.4, 0.5) is 0 Å². The minimum Gasteiger partial charge on any atom is -1.00 e. The van der Waals surface area contributed by atoms with Gasteiger partial charge >= 0.3 is 5.97 Å². The van der Waals surface area contributed by atoms with Gasteiger partial charge in [-0.1, -0.05) is 11.6 Å². The van der Waals surface area contributed by atoms with Crippen LogP contribution in [0, 0.1) is 6.42 Å². The van der Waals surface area contributed by atoms with Crippen LogP contribution in [-0.4, -0.2) is 12.6 Å². The van der Waals surface area contributed by atoms with Crippen LogP contribution in [0.5, 0.6) is 0 Å². The van der Waals surface area contributed by atoms with Gasteiger partial charge in [-0.3, -0.25) is 4.79 Å². The van der Waals surface area contributed by atoms with E-state index in [1.54, 1.807) is 19.1 Å². The van der Waals surface area contributed by atoms with Crippen molar-refractivity contribution >= 4 is 5.97 Å². The molecule has 73 valence electrons. The first-order valence-electron chi connectivity index (χ1n) is 3.93. The van der Waals surface area contributed by atoms with Gasteiger partial charge in [-0.2, -0.15) is 0 Å². The van der Waals surface area contributed by atoms with Gasteiger partial charge in [0.05, 0.1) is 13.0 Å². The molecule has 0 heterocycles. The summed E-state index contributed by atoms with van der Waals surface area (Å²) in [4.78, 5) is 11.0. The predicted molar refractivity (Wildman–Crippen MR) is 46.3 cm³/mol. The second-order valence-corrected chi connectivity index (χ2v) is 2.39. The molecule has 1 aliphatic carbocycles. The van der Waals surface area contributed by atoms with E-state index >= 15 is 0 Å². The Hall–Kier alpha value is -0.167. The van der Waals surface area contributed by atoms with Gasteiger partial charge in [-0.05, 0) is 19.1 Å². The molecule has 0 spiro atoms. The first-order chi connectivity index (χ1) is 5.83. The molecule has 1 rings (SSSR count). The minimum atomic E-state index is -0.177. The zero-order valence-electron chi connectivity index (χ0n) is 8.13. The topological polar surface area (TPSA) is 26.3 Å². The van der Waals surface area contributed by atoms with Crippen molar-refractivity contribution in [1.29, 1.82) is 0 Å². The molecule has 14 heavy (non-hydrogen) atoms. The summed E-state index contributed by atoms with van der Waals surface area (Å²) >= 11 is 0. The van der Waals surface area contributed by atoms with Gasteiger partial charge in [0.15, 0.2) is 0 Å². The summed E-state index contributed by atoms with van der Waals surface area (Å²) in [5.74, 6) is -0.177. The van der Waals surface area contributed by atoms with Crippen molar-refractivity contribution < 1.29 is 46.0 Å². The average Bonchev–Trinajstić information content (AvgIpc) is 2.06. The number of halogens is 1. The maximum absolute atomic E-state index is 11.0. The van der Waals surface area contributed by atoms with E-state index in [2.05, 4.69) is 5.73 Å². The number of rotatable bonds is 3. The van der Waals surface area contributed by atoms with Crippen LogP contribution in [0.2, 0.25) is 0 Å². The molecule has 0 aliphatic heterocycles. The molecule has 0 aromatic carbocycles. The number of esters is 1. The third-order valence-corrected chi connectivity index (χ3v) is 1.44. The van der Waals surface area contributed by atoms with Crippen molar-refractivity contribution in [2.24, 2.45) is 0 Å². The second kappa shape index (κ2) is 9.39. The molecule has 0 atom stereocenters. The van der Waals surface area contributed by atoms with E-state index in [0.717, 1.165) is 5.57 Å².